The van der Waals surface area contributed by atoms with E-state index in [-0.39, 0.29) is 30.7 Å². The Balaban J connectivity index is 1.76. The van der Waals surface area contributed by atoms with E-state index in [1.54, 1.807) is 4.90 Å². The van der Waals surface area contributed by atoms with E-state index < -0.39 is 0 Å². The predicted octanol–water partition coefficient (Wildman–Crippen LogP) is 2.19. The van der Waals surface area contributed by atoms with Gasteiger partial charge in [-0.05, 0) is 24.7 Å². The number of piperidine rings is 1. The number of amides is 1. The highest BCUT2D eigenvalue weighted by Gasteiger charge is 2.26. The summed E-state index contributed by atoms with van der Waals surface area (Å²) in [6.45, 7) is 1.40. The summed E-state index contributed by atoms with van der Waals surface area (Å²) in [4.78, 5) is 25.1. The van der Waals surface area contributed by atoms with E-state index in [9.17, 15) is 9.59 Å². The maximum Gasteiger partial charge on any atom is 0.410 e. The fourth-order valence-corrected chi connectivity index (χ4v) is 2.36. The number of Topliss-reactive ketones (excluding diaryl/α,β-unsaturated/α-hetero) is 1. The molecule has 1 aliphatic rings. The van der Waals surface area contributed by atoms with Crippen LogP contribution in [0.3, 0.4) is 0 Å². The van der Waals surface area contributed by atoms with Crippen LogP contribution in [0.4, 0.5) is 4.79 Å². The van der Waals surface area contributed by atoms with Gasteiger partial charge in [0.15, 0.2) is 0 Å². The third-order valence-corrected chi connectivity index (χ3v) is 3.61. The molecule has 5 heteroatoms. The van der Waals surface area contributed by atoms with E-state index in [4.69, 9.17) is 12.6 Å². The van der Waals surface area contributed by atoms with Gasteiger partial charge in [-0.2, -0.15) is 0 Å². The van der Waals surface area contributed by atoms with Crippen molar-refractivity contribution in [2.75, 3.05) is 13.1 Å². The summed E-state index contributed by atoms with van der Waals surface area (Å²) in [7, 11) is 5.35. The molecule has 0 N–H and O–H groups in total. The van der Waals surface area contributed by atoms with E-state index in [1.165, 1.54) is 0 Å². The number of hydrogen-bond acceptors (Lipinski definition) is 3. The largest absolute Gasteiger partial charge is 0.445 e. The number of carbonyl (C=O) groups excluding carboxylic acids is 2. The van der Waals surface area contributed by atoms with Gasteiger partial charge < -0.3 is 14.4 Å². The van der Waals surface area contributed by atoms with Gasteiger partial charge in [-0.15, -0.1) is 0 Å². The van der Waals surface area contributed by atoms with Crippen LogP contribution in [0.25, 0.3) is 0 Å². The molecule has 1 aliphatic heterocycles. The van der Waals surface area contributed by atoms with Crippen molar-refractivity contribution in [1.29, 1.82) is 0 Å². The van der Waals surface area contributed by atoms with Crippen LogP contribution in [0, 0.1) is 5.92 Å². The van der Waals surface area contributed by atoms with Gasteiger partial charge in [0.05, 0.1) is 7.85 Å². The Morgan fingerprint density at radius 1 is 1.20 bits per heavy atom. The third-order valence-electron chi connectivity index (χ3n) is 3.61. The molecular formula is C15H18BNO3. The third kappa shape index (κ3) is 3.86. The molecule has 0 aromatic heterocycles. The second kappa shape index (κ2) is 7.13. The molecule has 0 unspecified atom stereocenters. The molecule has 104 valence electrons. The molecule has 1 aromatic carbocycles. The summed E-state index contributed by atoms with van der Waals surface area (Å²) in [5, 5.41) is 0. The molecule has 1 aromatic rings. The van der Waals surface area contributed by atoms with Crippen molar-refractivity contribution in [3.8, 4) is 0 Å². The second-order valence-corrected chi connectivity index (χ2v) is 4.97. The zero-order valence-electron chi connectivity index (χ0n) is 11.5. The number of nitrogens with zero attached hydrogens (tertiary/aromatic N) is 1. The second-order valence-electron chi connectivity index (χ2n) is 4.97. The lowest BCUT2D eigenvalue weighted by molar-refractivity contribution is -0.121. The van der Waals surface area contributed by atoms with E-state index in [2.05, 4.69) is 0 Å². The van der Waals surface area contributed by atoms with Crippen LogP contribution in [0.15, 0.2) is 30.3 Å². The smallest absolute Gasteiger partial charge is 0.410 e. The van der Waals surface area contributed by atoms with Gasteiger partial charge in [-0.25, -0.2) is 4.79 Å². The van der Waals surface area contributed by atoms with E-state index in [0.717, 1.165) is 5.56 Å². The molecule has 0 saturated carbocycles. The molecule has 0 atom stereocenters. The van der Waals surface area contributed by atoms with Gasteiger partial charge in [-0.3, -0.25) is 0 Å². The highest BCUT2D eigenvalue weighted by atomic mass is 16.6. The van der Waals surface area contributed by atoms with E-state index in [0.29, 0.717) is 25.9 Å². The van der Waals surface area contributed by atoms with Crippen LogP contribution in [0.5, 0.6) is 0 Å². The Labute approximate surface area is 120 Å². The van der Waals surface area contributed by atoms with Crippen molar-refractivity contribution >= 4 is 19.7 Å². The highest BCUT2D eigenvalue weighted by molar-refractivity contribution is 6.20. The number of hydrogen-bond donors (Lipinski definition) is 0. The van der Waals surface area contributed by atoms with Crippen LogP contribution in [-0.2, 0) is 16.1 Å². The molecule has 20 heavy (non-hydrogen) atoms. The fourth-order valence-electron chi connectivity index (χ4n) is 2.36. The van der Waals surface area contributed by atoms with Gasteiger partial charge in [0.2, 0.25) is 0 Å². The first-order valence-electron chi connectivity index (χ1n) is 6.89. The summed E-state index contributed by atoms with van der Waals surface area (Å²) >= 11 is 0. The molecule has 2 rings (SSSR count). The maximum atomic E-state index is 11.9. The van der Waals surface area contributed by atoms with Gasteiger partial charge in [0, 0.05) is 19.0 Å². The number of ether oxygens (including phenoxy) is 1. The van der Waals surface area contributed by atoms with Crippen molar-refractivity contribution in [3.63, 3.8) is 0 Å². The SMILES string of the molecule is [B]CC(=O)C1CCN(C(=O)OCc2ccccc2)CC1. The van der Waals surface area contributed by atoms with Crippen LogP contribution in [-0.4, -0.2) is 37.7 Å². The summed E-state index contributed by atoms with van der Waals surface area (Å²) in [5.74, 6) is 0.0838. The summed E-state index contributed by atoms with van der Waals surface area (Å²) in [6, 6.07) is 9.57. The number of ketones is 1. The van der Waals surface area contributed by atoms with Crippen LogP contribution < -0.4 is 0 Å². The van der Waals surface area contributed by atoms with Crippen molar-refractivity contribution < 1.29 is 14.3 Å². The Bertz CT molecular complexity index is 455. The molecule has 0 spiro atoms. The zero-order valence-corrected chi connectivity index (χ0v) is 11.5. The Kier molecular flexibility index (Phi) is 5.21. The van der Waals surface area contributed by atoms with E-state index >= 15 is 0 Å². The van der Waals surface area contributed by atoms with Gasteiger partial charge in [-0.1, -0.05) is 30.3 Å². The van der Waals surface area contributed by atoms with Crippen LogP contribution in [0.1, 0.15) is 18.4 Å². The fraction of sp³-hybridized carbons (Fsp3) is 0.467. The number of rotatable bonds is 4. The molecule has 1 fully saturated rings. The normalized spacial score (nSPS) is 15.9. The van der Waals surface area contributed by atoms with Crippen LogP contribution in [0.2, 0.25) is 6.32 Å². The Morgan fingerprint density at radius 3 is 2.45 bits per heavy atom. The molecule has 4 nitrogen and oxygen atoms in total. The molecule has 0 bridgehead atoms. The lowest BCUT2D eigenvalue weighted by Crippen LogP contribution is -2.40. The lowest BCUT2D eigenvalue weighted by atomic mass is 9.86. The molecule has 1 heterocycles. The molecular weight excluding hydrogens is 253 g/mol. The van der Waals surface area contributed by atoms with Crippen molar-refractivity contribution in [2.24, 2.45) is 5.92 Å². The molecule has 0 aliphatic carbocycles. The Morgan fingerprint density at radius 2 is 1.85 bits per heavy atom. The first kappa shape index (κ1) is 14.6. The van der Waals surface area contributed by atoms with Crippen molar-refractivity contribution in [3.05, 3.63) is 35.9 Å². The molecule has 1 amide bonds. The standard InChI is InChI=1S/C15H18BNO3/c16-10-14(18)13-6-8-17(9-7-13)15(19)20-11-12-4-2-1-3-5-12/h1-5,13H,6-11H2. The van der Waals surface area contributed by atoms with Crippen molar-refractivity contribution in [1.82, 2.24) is 4.90 Å². The highest BCUT2D eigenvalue weighted by Crippen LogP contribution is 2.20. The average Bonchev–Trinajstić information content (AvgIpc) is 2.53. The predicted molar refractivity (Wildman–Crippen MR) is 76.5 cm³/mol. The zero-order chi connectivity index (χ0) is 14.4. The number of carbonyl (C=O) groups is 2. The Hall–Kier alpha value is -1.78. The van der Waals surface area contributed by atoms with Crippen LogP contribution >= 0.6 is 0 Å². The first-order valence-corrected chi connectivity index (χ1v) is 6.89. The average molecular weight is 271 g/mol. The van der Waals surface area contributed by atoms with Gasteiger partial charge in [0.25, 0.3) is 0 Å². The summed E-state index contributed by atoms with van der Waals surface area (Å²) in [5.41, 5.74) is 0.967. The van der Waals surface area contributed by atoms with Crippen molar-refractivity contribution in [2.45, 2.75) is 25.8 Å². The van der Waals surface area contributed by atoms with Gasteiger partial charge >= 0.3 is 6.09 Å². The minimum absolute atomic E-state index is 0.00169. The monoisotopic (exact) mass is 271 g/mol. The molecule has 2 radical (unpaired) electrons. The first-order chi connectivity index (χ1) is 9.70. The summed E-state index contributed by atoms with van der Waals surface area (Å²) < 4.78 is 5.27. The minimum Gasteiger partial charge on any atom is -0.445 e. The summed E-state index contributed by atoms with van der Waals surface area (Å²) in [6.07, 6.45) is 1.13. The maximum absolute atomic E-state index is 11.9. The number of benzene rings is 1. The number of likely N-dealkylation sites (tertiary alicyclic amines) is 1. The lowest BCUT2D eigenvalue weighted by Gasteiger charge is -2.30. The van der Waals surface area contributed by atoms with E-state index in [1.807, 2.05) is 30.3 Å². The minimum atomic E-state index is -0.312. The molecule has 1 saturated heterocycles. The van der Waals surface area contributed by atoms with Gasteiger partial charge in [0.1, 0.15) is 12.4 Å². The topological polar surface area (TPSA) is 46.6 Å². The quantitative estimate of drug-likeness (QED) is 0.788.